The van der Waals surface area contributed by atoms with Gasteiger partial charge in [-0.25, -0.2) is 0 Å². The van der Waals surface area contributed by atoms with Gasteiger partial charge in [0.05, 0.1) is 6.04 Å². The van der Waals surface area contributed by atoms with Gasteiger partial charge in [-0.3, -0.25) is 9.88 Å². The van der Waals surface area contributed by atoms with E-state index in [0.717, 1.165) is 19.0 Å². The molecule has 3 heterocycles. The van der Waals surface area contributed by atoms with E-state index in [2.05, 4.69) is 65.1 Å². The van der Waals surface area contributed by atoms with Gasteiger partial charge in [-0.15, -0.1) is 0 Å². The van der Waals surface area contributed by atoms with Crippen LogP contribution in [-0.4, -0.2) is 28.0 Å². The van der Waals surface area contributed by atoms with E-state index in [0.29, 0.717) is 0 Å². The zero-order chi connectivity index (χ0) is 16.5. The Kier molecular flexibility index (Phi) is 4.11. The molecule has 0 spiro atoms. The minimum atomic E-state index is 0.280. The molecule has 0 radical (unpaired) electrons. The highest BCUT2D eigenvalue weighted by atomic mass is 15.2. The lowest BCUT2D eigenvalue weighted by atomic mass is 9.91. The molecule has 1 atom stereocenters. The van der Waals surface area contributed by atoms with E-state index in [9.17, 15) is 0 Å². The van der Waals surface area contributed by atoms with Crippen LogP contribution in [0.4, 0.5) is 0 Å². The van der Waals surface area contributed by atoms with Crippen molar-refractivity contribution in [2.75, 3.05) is 13.1 Å². The molecule has 3 nitrogen and oxygen atoms in total. The number of hydrogen-bond acceptors (Lipinski definition) is 2. The van der Waals surface area contributed by atoms with Crippen molar-refractivity contribution in [3.8, 4) is 0 Å². The first-order valence-electron chi connectivity index (χ1n) is 8.95. The van der Waals surface area contributed by atoms with Crippen molar-refractivity contribution < 1.29 is 0 Å². The van der Waals surface area contributed by atoms with Crippen LogP contribution in [0.25, 0.3) is 10.9 Å². The number of rotatable bonds is 3. The van der Waals surface area contributed by atoms with Gasteiger partial charge in [0.2, 0.25) is 0 Å². The van der Waals surface area contributed by atoms with Gasteiger partial charge in [0.1, 0.15) is 0 Å². The number of benzene rings is 1. The minimum Gasteiger partial charge on any atom is -0.358 e. The van der Waals surface area contributed by atoms with E-state index < -0.39 is 0 Å². The molecule has 3 aromatic rings. The highest BCUT2D eigenvalue weighted by Crippen LogP contribution is 2.37. The van der Waals surface area contributed by atoms with Gasteiger partial charge >= 0.3 is 0 Å². The third kappa shape index (κ3) is 2.73. The number of para-hydroxylation sites is 1. The Balaban J connectivity index is 1.84. The Hall–Kier alpha value is -2.13. The van der Waals surface area contributed by atoms with Crippen LogP contribution in [-0.2, 0) is 0 Å². The molecule has 0 saturated carbocycles. The van der Waals surface area contributed by atoms with Crippen molar-refractivity contribution in [2.45, 2.75) is 32.7 Å². The summed E-state index contributed by atoms with van der Waals surface area (Å²) in [7, 11) is 0. The van der Waals surface area contributed by atoms with Gasteiger partial charge in [-0.2, -0.15) is 0 Å². The molecule has 1 aromatic carbocycles. The van der Waals surface area contributed by atoms with Gasteiger partial charge < -0.3 is 4.98 Å². The van der Waals surface area contributed by atoms with Crippen molar-refractivity contribution in [2.24, 2.45) is 5.92 Å². The Morgan fingerprint density at radius 2 is 1.92 bits per heavy atom. The quantitative estimate of drug-likeness (QED) is 0.759. The topological polar surface area (TPSA) is 31.9 Å². The third-order valence-corrected chi connectivity index (χ3v) is 5.40. The summed E-state index contributed by atoms with van der Waals surface area (Å²) in [5, 5.41) is 1.34. The van der Waals surface area contributed by atoms with Crippen LogP contribution in [0.1, 0.15) is 42.6 Å². The van der Waals surface area contributed by atoms with Crippen molar-refractivity contribution in [1.82, 2.24) is 14.9 Å². The molecule has 0 amide bonds. The van der Waals surface area contributed by atoms with Crippen molar-refractivity contribution in [1.29, 1.82) is 0 Å². The Morgan fingerprint density at radius 3 is 2.67 bits per heavy atom. The minimum absolute atomic E-state index is 0.280. The van der Waals surface area contributed by atoms with E-state index in [1.165, 1.54) is 40.6 Å². The Bertz CT molecular complexity index is 813. The van der Waals surface area contributed by atoms with Crippen LogP contribution in [0.3, 0.4) is 0 Å². The predicted molar refractivity (Wildman–Crippen MR) is 99.1 cm³/mol. The van der Waals surface area contributed by atoms with E-state index >= 15 is 0 Å². The van der Waals surface area contributed by atoms with Crippen LogP contribution < -0.4 is 0 Å². The molecular formula is C21H25N3. The highest BCUT2D eigenvalue weighted by molar-refractivity contribution is 5.85. The average Bonchev–Trinajstić information content (AvgIpc) is 2.94. The molecular weight excluding hydrogens is 294 g/mol. The Labute approximate surface area is 143 Å². The molecule has 1 N–H and O–H groups in total. The van der Waals surface area contributed by atoms with E-state index in [-0.39, 0.29) is 6.04 Å². The van der Waals surface area contributed by atoms with E-state index in [4.69, 9.17) is 0 Å². The lowest BCUT2D eigenvalue weighted by molar-refractivity contribution is 0.158. The van der Waals surface area contributed by atoms with Crippen LogP contribution in [0.2, 0.25) is 0 Å². The fourth-order valence-electron chi connectivity index (χ4n) is 4.04. The summed E-state index contributed by atoms with van der Waals surface area (Å²) in [6.45, 7) is 6.87. The number of fused-ring (bicyclic) bond motifs is 1. The van der Waals surface area contributed by atoms with Gasteiger partial charge in [0.15, 0.2) is 0 Å². The maximum Gasteiger partial charge on any atom is 0.0640 e. The first kappa shape index (κ1) is 15.4. The van der Waals surface area contributed by atoms with E-state index in [1.807, 2.05) is 12.4 Å². The number of H-pyrrole nitrogens is 1. The van der Waals surface area contributed by atoms with Crippen LogP contribution in [0.5, 0.6) is 0 Å². The summed E-state index contributed by atoms with van der Waals surface area (Å²) >= 11 is 0. The summed E-state index contributed by atoms with van der Waals surface area (Å²) in [4.78, 5) is 10.6. The second kappa shape index (κ2) is 6.40. The van der Waals surface area contributed by atoms with Gasteiger partial charge in [0, 0.05) is 34.6 Å². The molecule has 2 aromatic heterocycles. The zero-order valence-electron chi connectivity index (χ0n) is 14.5. The molecule has 3 heteroatoms. The average molecular weight is 319 g/mol. The molecule has 1 aliphatic heterocycles. The number of nitrogens with one attached hydrogen (secondary N) is 1. The molecule has 1 saturated heterocycles. The highest BCUT2D eigenvalue weighted by Gasteiger charge is 2.29. The van der Waals surface area contributed by atoms with Crippen LogP contribution in [0.15, 0.2) is 48.8 Å². The van der Waals surface area contributed by atoms with Crippen LogP contribution in [0, 0.1) is 12.8 Å². The number of piperidine rings is 1. The van der Waals surface area contributed by atoms with Gasteiger partial charge in [-0.1, -0.05) is 31.2 Å². The van der Waals surface area contributed by atoms with Crippen molar-refractivity contribution in [3.63, 3.8) is 0 Å². The van der Waals surface area contributed by atoms with Crippen molar-refractivity contribution in [3.05, 3.63) is 65.6 Å². The largest absolute Gasteiger partial charge is 0.358 e. The first-order chi connectivity index (χ1) is 11.7. The fraction of sp³-hybridized carbons (Fsp3) is 0.381. The number of aromatic amines is 1. The summed E-state index contributed by atoms with van der Waals surface area (Å²) in [6.07, 6.45) is 6.45. The summed E-state index contributed by atoms with van der Waals surface area (Å²) in [5.41, 5.74) is 5.20. The number of aryl methyl sites for hydroxylation is 1. The molecule has 24 heavy (non-hydrogen) atoms. The monoisotopic (exact) mass is 319 g/mol. The number of hydrogen-bond donors (Lipinski definition) is 1. The smallest absolute Gasteiger partial charge is 0.0640 e. The SMILES string of the molecule is Cc1[nH]c2ccccc2c1[C@@H](c1cccnc1)N1CCC(C)CC1. The lowest BCUT2D eigenvalue weighted by Crippen LogP contribution is -2.37. The number of nitrogens with zero attached hydrogens (tertiary/aromatic N) is 2. The molecule has 0 bridgehead atoms. The normalized spacial score (nSPS) is 18.1. The predicted octanol–water partition coefficient (Wildman–Crippen LogP) is 4.69. The standard InChI is InChI=1S/C21H25N3/c1-15-9-12-24(13-10-15)21(17-6-5-11-22-14-17)20-16(2)23-19-8-4-3-7-18(19)20/h3-8,11,14-15,21,23H,9-10,12-13H2,1-2H3/t21-/m1/s1. The van der Waals surface area contributed by atoms with Crippen molar-refractivity contribution >= 4 is 10.9 Å². The molecule has 1 aliphatic rings. The maximum absolute atomic E-state index is 4.40. The lowest BCUT2D eigenvalue weighted by Gasteiger charge is -2.37. The van der Waals surface area contributed by atoms with Gasteiger partial charge in [0.25, 0.3) is 0 Å². The summed E-state index contributed by atoms with van der Waals surface area (Å²) in [6, 6.07) is 13.2. The number of pyridine rings is 1. The molecule has 0 unspecified atom stereocenters. The maximum atomic E-state index is 4.40. The van der Waals surface area contributed by atoms with E-state index in [1.54, 1.807) is 0 Å². The number of aromatic nitrogens is 2. The molecule has 4 rings (SSSR count). The summed E-state index contributed by atoms with van der Waals surface area (Å²) < 4.78 is 0. The second-order valence-corrected chi connectivity index (χ2v) is 7.12. The van der Waals surface area contributed by atoms with Gasteiger partial charge in [-0.05, 0) is 56.5 Å². The molecule has 1 fully saturated rings. The Morgan fingerprint density at radius 1 is 1.12 bits per heavy atom. The second-order valence-electron chi connectivity index (χ2n) is 7.12. The fourth-order valence-corrected chi connectivity index (χ4v) is 4.04. The third-order valence-electron chi connectivity index (χ3n) is 5.40. The first-order valence-corrected chi connectivity index (χ1v) is 8.95. The molecule has 124 valence electrons. The zero-order valence-corrected chi connectivity index (χ0v) is 14.5. The molecule has 0 aliphatic carbocycles. The van der Waals surface area contributed by atoms with Crippen LogP contribution >= 0.6 is 0 Å². The summed E-state index contributed by atoms with van der Waals surface area (Å²) in [5.74, 6) is 0.833. The number of likely N-dealkylation sites (tertiary alicyclic amines) is 1.